The van der Waals surface area contributed by atoms with E-state index in [2.05, 4.69) is 5.32 Å². The number of amides is 1. The van der Waals surface area contributed by atoms with Gasteiger partial charge in [-0.2, -0.15) is 4.31 Å². The lowest BCUT2D eigenvalue weighted by atomic mass is 10.1. The summed E-state index contributed by atoms with van der Waals surface area (Å²) in [7, 11) is -3.85. The van der Waals surface area contributed by atoms with Gasteiger partial charge in [0, 0.05) is 12.2 Å². The quantitative estimate of drug-likeness (QED) is 0.557. The molecule has 1 N–H and O–H groups in total. The van der Waals surface area contributed by atoms with Crippen molar-refractivity contribution in [3.63, 3.8) is 0 Å². The van der Waals surface area contributed by atoms with Crippen LogP contribution < -0.4 is 5.32 Å². The number of hydrogen-bond acceptors (Lipinski definition) is 3. The molecule has 0 fully saturated rings. The van der Waals surface area contributed by atoms with Crippen molar-refractivity contribution in [3.05, 3.63) is 95.1 Å². The van der Waals surface area contributed by atoms with Gasteiger partial charge in [-0.05, 0) is 49.1 Å². The molecule has 3 aromatic rings. The molecule has 162 valence electrons. The third kappa shape index (κ3) is 5.60. The van der Waals surface area contributed by atoms with Crippen LogP contribution in [0.5, 0.6) is 0 Å². The number of carbonyl (C=O) groups is 1. The minimum atomic E-state index is -3.85. The molecule has 0 saturated carbocycles. The number of para-hydroxylation sites is 1. The molecule has 0 atom stereocenters. The van der Waals surface area contributed by atoms with Gasteiger partial charge in [-0.25, -0.2) is 8.42 Å². The third-order valence-corrected chi connectivity index (χ3v) is 6.99. The summed E-state index contributed by atoms with van der Waals surface area (Å²) in [6.45, 7) is 5.76. The van der Waals surface area contributed by atoms with Crippen LogP contribution in [0.1, 0.15) is 29.2 Å². The SMILES string of the molecule is CCc1cccc(C)c1NC(=O)CN(Cc1ccc(C)cc1)S(=O)(=O)c1ccccc1. The average Bonchev–Trinajstić information content (AvgIpc) is 2.76. The lowest BCUT2D eigenvalue weighted by molar-refractivity contribution is -0.116. The van der Waals surface area contributed by atoms with Gasteiger partial charge in [-0.15, -0.1) is 0 Å². The molecule has 0 saturated heterocycles. The summed E-state index contributed by atoms with van der Waals surface area (Å²) in [5.74, 6) is -0.365. The largest absolute Gasteiger partial charge is 0.324 e. The van der Waals surface area contributed by atoms with E-state index >= 15 is 0 Å². The Labute approximate surface area is 184 Å². The molecule has 31 heavy (non-hydrogen) atoms. The van der Waals surface area contributed by atoms with E-state index in [0.717, 1.165) is 34.4 Å². The second-order valence-electron chi connectivity index (χ2n) is 7.58. The van der Waals surface area contributed by atoms with Crippen LogP contribution >= 0.6 is 0 Å². The number of nitrogens with zero attached hydrogens (tertiary/aromatic N) is 1. The Kier molecular flexibility index (Phi) is 7.25. The highest BCUT2D eigenvalue weighted by Gasteiger charge is 2.27. The van der Waals surface area contributed by atoms with Crippen molar-refractivity contribution in [2.24, 2.45) is 0 Å². The monoisotopic (exact) mass is 436 g/mol. The molecule has 3 aromatic carbocycles. The Bertz CT molecular complexity index is 1140. The molecule has 6 heteroatoms. The highest BCUT2D eigenvalue weighted by atomic mass is 32.2. The van der Waals surface area contributed by atoms with E-state index in [1.807, 2.05) is 63.2 Å². The first-order chi connectivity index (χ1) is 14.8. The van der Waals surface area contributed by atoms with E-state index < -0.39 is 10.0 Å². The van der Waals surface area contributed by atoms with E-state index in [9.17, 15) is 13.2 Å². The average molecular weight is 437 g/mol. The van der Waals surface area contributed by atoms with Gasteiger partial charge in [0.25, 0.3) is 0 Å². The first-order valence-corrected chi connectivity index (χ1v) is 11.7. The summed E-state index contributed by atoms with van der Waals surface area (Å²) in [6, 6.07) is 21.7. The van der Waals surface area contributed by atoms with E-state index in [1.165, 1.54) is 4.31 Å². The molecule has 0 heterocycles. The molecule has 0 aliphatic carbocycles. The number of anilines is 1. The normalized spacial score (nSPS) is 11.5. The van der Waals surface area contributed by atoms with Gasteiger partial charge < -0.3 is 5.32 Å². The van der Waals surface area contributed by atoms with Gasteiger partial charge in [0.05, 0.1) is 11.4 Å². The highest BCUT2D eigenvalue weighted by Crippen LogP contribution is 2.22. The number of aryl methyl sites for hydroxylation is 3. The summed E-state index contributed by atoms with van der Waals surface area (Å²) in [5.41, 5.74) is 4.63. The Balaban J connectivity index is 1.89. The minimum absolute atomic E-state index is 0.110. The van der Waals surface area contributed by atoms with Crippen molar-refractivity contribution in [3.8, 4) is 0 Å². The number of benzene rings is 3. The number of sulfonamides is 1. The Hall–Kier alpha value is -2.96. The van der Waals surface area contributed by atoms with Crippen molar-refractivity contribution in [1.82, 2.24) is 4.31 Å². The smallest absolute Gasteiger partial charge is 0.243 e. The maximum absolute atomic E-state index is 13.3. The van der Waals surface area contributed by atoms with Gasteiger partial charge in [0.1, 0.15) is 0 Å². The molecule has 5 nitrogen and oxygen atoms in total. The Morgan fingerprint density at radius 3 is 2.23 bits per heavy atom. The van der Waals surface area contributed by atoms with Crippen molar-refractivity contribution < 1.29 is 13.2 Å². The minimum Gasteiger partial charge on any atom is -0.324 e. The molecule has 0 radical (unpaired) electrons. The second-order valence-corrected chi connectivity index (χ2v) is 9.52. The molecular formula is C25H28N2O3S. The van der Waals surface area contributed by atoms with Crippen molar-refractivity contribution in [2.45, 2.75) is 38.6 Å². The van der Waals surface area contributed by atoms with Crippen molar-refractivity contribution in [1.29, 1.82) is 0 Å². The zero-order chi connectivity index (χ0) is 22.4. The fraction of sp³-hybridized carbons (Fsp3) is 0.240. The fourth-order valence-corrected chi connectivity index (χ4v) is 4.81. The molecule has 0 aromatic heterocycles. The standard InChI is InChI=1S/C25H28N2O3S/c1-4-22-10-8-9-20(3)25(22)26-24(28)18-27(17-21-15-13-19(2)14-16-21)31(29,30)23-11-6-5-7-12-23/h5-16H,4,17-18H2,1-3H3,(H,26,28). The lowest BCUT2D eigenvalue weighted by Crippen LogP contribution is -2.37. The first-order valence-electron chi connectivity index (χ1n) is 10.3. The van der Waals surface area contributed by atoms with Gasteiger partial charge in [0.15, 0.2) is 0 Å². The van der Waals surface area contributed by atoms with Gasteiger partial charge in [0.2, 0.25) is 15.9 Å². The molecule has 0 aliphatic rings. The zero-order valence-electron chi connectivity index (χ0n) is 18.1. The molecule has 0 bridgehead atoms. The molecule has 3 rings (SSSR count). The van der Waals surface area contributed by atoms with Gasteiger partial charge in [-0.3, -0.25) is 4.79 Å². The second kappa shape index (κ2) is 9.90. The molecule has 0 aliphatic heterocycles. The van der Waals surface area contributed by atoms with Crippen LogP contribution in [-0.4, -0.2) is 25.2 Å². The van der Waals surface area contributed by atoms with Crippen molar-refractivity contribution >= 4 is 21.6 Å². The predicted octanol–water partition coefficient (Wildman–Crippen LogP) is 4.70. The number of carbonyl (C=O) groups excluding carboxylic acids is 1. The lowest BCUT2D eigenvalue weighted by Gasteiger charge is -2.23. The van der Waals surface area contributed by atoms with Crippen LogP contribution in [-0.2, 0) is 27.8 Å². The van der Waals surface area contributed by atoms with E-state index in [1.54, 1.807) is 30.3 Å². The third-order valence-electron chi connectivity index (χ3n) is 5.18. The van der Waals surface area contributed by atoms with Crippen LogP contribution in [0.2, 0.25) is 0 Å². The van der Waals surface area contributed by atoms with E-state index in [4.69, 9.17) is 0 Å². The van der Waals surface area contributed by atoms with Gasteiger partial charge in [-0.1, -0.05) is 73.2 Å². The fourth-order valence-electron chi connectivity index (χ4n) is 3.41. The van der Waals surface area contributed by atoms with Crippen LogP contribution in [0.15, 0.2) is 77.7 Å². The number of rotatable bonds is 8. The molecule has 0 unspecified atom stereocenters. The highest BCUT2D eigenvalue weighted by molar-refractivity contribution is 7.89. The number of hydrogen-bond donors (Lipinski definition) is 1. The summed E-state index contributed by atoms with van der Waals surface area (Å²) >= 11 is 0. The van der Waals surface area contributed by atoms with Crippen LogP contribution in [0.3, 0.4) is 0 Å². The summed E-state index contributed by atoms with van der Waals surface area (Å²) in [6.07, 6.45) is 0.771. The first kappa shape index (κ1) is 22.7. The molecule has 1 amide bonds. The Morgan fingerprint density at radius 1 is 0.903 bits per heavy atom. The predicted molar refractivity (Wildman–Crippen MR) is 124 cm³/mol. The topological polar surface area (TPSA) is 66.5 Å². The van der Waals surface area contributed by atoms with Gasteiger partial charge >= 0.3 is 0 Å². The van der Waals surface area contributed by atoms with Crippen molar-refractivity contribution in [2.75, 3.05) is 11.9 Å². The van der Waals surface area contributed by atoms with Crippen LogP contribution in [0.25, 0.3) is 0 Å². The Morgan fingerprint density at radius 2 is 1.58 bits per heavy atom. The van der Waals surface area contributed by atoms with E-state index in [-0.39, 0.29) is 23.9 Å². The van der Waals surface area contributed by atoms with Crippen LogP contribution in [0, 0.1) is 13.8 Å². The summed E-state index contributed by atoms with van der Waals surface area (Å²) < 4.78 is 27.9. The molecule has 0 spiro atoms. The maximum Gasteiger partial charge on any atom is 0.243 e. The van der Waals surface area contributed by atoms with Crippen LogP contribution in [0.4, 0.5) is 5.69 Å². The van der Waals surface area contributed by atoms with E-state index in [0.29, 0.717) is 0 Å². The zero-order valence-corrected chi connectivity index (χ0v) is 18.9. The summed E-state index contributed by atoms with van der Waals surface area (Å²) in [4.78, 5) is 13.1. The maximum atomic E-state index is 13.3. The molecular weight excluding hydrogens is 408 g/mol. The number of nitrogens with one attached hydrogen (secondary N) is 1. The summed E-state index contributed by atoms with van der Waals surface area (Å²) in [5, 5.41) is 2.93.